The summed E-state index contributed by atoms with van der Waals surface area (Å²) < 4.78 is 0. The number of rotatable bonds is 5. The van der Waals surface area contributed by atoms with Gasteiger partial charge in [-0.1, -0.05) is 18.2 Å². The van der Waals surface area contributed by atoms with Crippen molar-refractivity contribution in [1.29, 1.82) is 0 Å². The highest BCUT2D eigenvalue weighted by atomic mass is 14.9. The molecule has 1 N–H and O–H groups in total. The average molecular weight is 242 g/mol. The molecule has 2 aromatic rings. The van der Waals surface area contributed by atoms with Gasteiger partial charge in [-0.15, -0.1) is 0 Å². The molecule has 0 spiro atoms. The molecule has 96 valence electrons. The summed E-state index contributed by atoms with van der Waals surface area (Å²) in [4.78, 5) is 7.57. The van der Waals surface area contributed by atoms with Crippen LogP contribution in [-0.2, 0) is 12.8 Å². The fraction of sp³-hybridized carbons (Fsp3) is 0.438. The van der Waals surface area contributed by atoms with Gasteiger partial charge in [-0.3, -0.25) is 0 Å². The average Bonchev–Trinajstić information content (AvgIpc) is 2.73. The number of hydrogen-bond donors (Lipinski definition) is 1. The van der Waals surface area contributed by atoms with Crippen molar-refractivity contribution in [2.75, 3.05) is 0 Å². The van der Waals surface area contributed by atoms with Crippen LogP contribution in [-0.4, -0.2) is 9.97 Å². The van der Waals surface area contributed by atoms with Gasteiger partial charge >= 0.3 is 0 Å². The Hall–Kier alpha value is -1.57. The zero-order valence-electron chi connectivity index (χ0n) is 11.6. The quantitative estimate of drug-likeness (QED) is 0.791. The SMILES string of the molecule is Cc1nc(CCCCc2c(C)cccc2C)c[nH]1. The number of imidazole rings is 1. The Bertz CT molecular complexity index is 491. The van der Waals surface area contributed by atoms with Crippen LogP contribution in [0.25, 0.3) is 0 Å². The maximum absolute atomic E-state index is 4.43. The van der Waals surface area contributed by atoms with Gasteiger partial charge in [0.2, 0.25) is 0 Å². The summed E-state index contributed by atoms with van der Waals surface area (Å²) in [5.41, 5.74) is 5.56. The van der Waals surface area contributed by atoms with E-state index in [0.29, 0.717) is 0 Å². The molecule has 1 aromatic heterocycles. The zero-order valence-corrected chi connectivity index (χ0v) is 11.6. The zero-order chi connectivity index (χ0) is 13.0. The summed E-state index contributed by atoms with van der Waals surface area (Å²) in [6, 6.07) is 6.56. The van der Waals surface area contributed by atoms with Gasteiger partial charge in [-0.2, -0.15) is 0 Å². The van der Waals surface area contributed by atoms with Crippen LogP contribution in [0.5, 0.6) is 0 Å². The van der Waals surface area contributed by atoms with Crippen LogP contribution < -0.4 is 0 Å². The van der Waals surface area contributed by atoms with E-state index in [1.807, 2.05) is 13.1 Å². The van der Waals surface area contributed by atoms with Gasteiger partial charge < -0.3 is 4.98 Å². The highest BCUT2D eigenvalue weighted by Gasteiger charge is 2.02. The molecule has 0 radical (unpaired) electrons. The monoisotopic (exact) mass is 242 g/mol. The number of aromatic nitrogens is 2. The van der Waals surface area contributed by atoms with Crippen LogP contribution in [0, 0.1) is 20.8 Å². The second kappa shape index (κ2) is 5.85. The number of aryl methyl sites for hydroxylation is 4. The molecule has 0 saturated carbocycles. The molecule has 0 fully saturated rings. The van der Waals surface area contributed by atoms with Gasteiger partial charge in [0.1, 0.15) is 5.82 Å². The molecular formula is C16H22N2. The molecule has 2 nitrogen and oxygen atoms in total. The highest BCUT2D eigenvalue weighted by Crippen LogP contribution is 2.16. The minimum Gasteiger partial charge on any atom is -0.349 e. The van der Waals surface area contributed by atoms with E-state index in [1.165, 1.54) is 41.6 Å². The minimum atomic E-state index is 1.01. The maximum atomic E-state index is 4.43. The summed E-state index contributed by atoms with van der Waals surface area (Å²) in [5, 5.41) is 0. The standard InChI is InChI=1S/C16H22N2/c1-12-7-6-8-13(2)16(12)10-5-4-9-15-11-17-14(3)18-15/h6-8,11H,4-5,9-10H2,1-3H3,(H,17,18). The smallest absolute Gasteiger partial charge is 0.103 e. The number of aromatic amines is 1. The third-order valence-corrected chi connectivity index (χ3v) is 3.51. The molecule has 0 aliphatic carbocycles. The number of nitrogens with zero attached hydrogens (tertiary/aromatic N) is 1. The van der Waals surface area contributed by atoms with Gasteiger partial charge in [0.05, 0.1) is 5.69 Å². The molecule has 2 heteroatoms. The Kier molecular flexibility index (Phi) is 4.19. The molecule has 0 aliphatic rings. The molecule has 2 rings (SSSR count). The van der Waals surface area contributed by atoms with Crippen LogP contribution in [0.2, 0.25) is 0 Å². The van der Waals surface area contributed by atoms with E-state index in [9.17, 15) is 0 Å². The molecule has 1 heterocycles. The molecule has 0 saturated heterocycles. The third-order valence-electron chi connectivity index (χ3n) is 3.51. The lowest BCUT2D eigenvalue weighted by Crippen LogP contribution is -1.95. The van der Waals surface area contributed by atoms with E-state index in [4.69, 9.17) is 0 Å². The molecule has 0 aliphatic heterocycles. The van der Waals surface area contributed by atoms with Crippen LogP contribution in [0.4, 0.5) is 0 Å². The number of nitrogens with one attached hydrogen (secondary N) is 1. The van der Waals surface area contributed by atoms with Crippen molar-refractivity contribution < 1.29 is 0 Å². The van der Waals surface area contributed by atoms with Gasteiger partial charge in [-0.25, -0.2) is 4.98 Å². The summed E-state index contributed by atoms with van der Waals surface area (Å²) >= 11 is 0. The normalized spacial score (nSPS) is 10.8. The first-order valence-electron chi connectivity index (χ1n) is 6.73. The third kappa shape index (κ3) is 3.22. The predicted octanol–water partition coefficient (Wildman–Crippen LogP) is 3.90. The number of H-pyrrole nitrogens is 1. The van der Waals surface area contributed by atoms with Crippen molar-refractivity contribution in [2.45, 2.75) is 46.5 Å². The summed E-state index contributed by atoms with van der Waals surface area (Å²) in [6.07, 6.45) is 6.72. The van der Waals surface area contributed by atoms with Crippen molar-refractivity contribution >= 4 is 0 Å². The highest BCUT2D eigenvalue weighted by molar-refractivity contribution is 5.33. The Morgan fingerprint density at radius 1 is 1.00 bits per heavy atom. The molecule has 0 atom stereocenters. The number of unbranched alkanes of at least 4 members (excludes halogenated alkanes) is 1. The molecule has 0 amide bonds. The lowest BCUT2D eigenvalue weighted by molar-refractivity contribution is 0.720. The lowest BCUT2D eigenvalue weighted by Gasteiger charge is -2.08. The van der Waals surface area contributed by atoms with E-state index in [2.05, 4.69) is 42.0 Å². The number of benzene rings is 1. The van der Waals surface area contributed by atoms with E-state index in [1.54, 1.807) is 0 Å². The van der Waals surface area contributed by atoms with E-state index in [-0.39, 0.29) is 0 Å². The Balaban J connectivity index is 1.82. The molecule has 1 aromatic carbocycles. The number of hydrogen-bond acceptors (Lipinski definition) is 1. The summed E-state index contributed by atoms with van der Waals surface area (Å²) in [6.45, 7) is 6.42. The fourth-order valence-electron chi connectivity index (χ4n) is 2.45. The topological polar surface area (TPSA) is 28.7 Å². The van der Waals surface area contributed by atoms with Gasteiger partial charge in [0, 0.05) is 6.20 Å². The molecular weight excluding hydrogens is 220 g/mol. The van der Waals surface area contributed by atoms with E-state index >= 15 is 0 Å². The molecule has 18 heavy (non-hydrogen) atoms. The molecule has 0 unspecified atom stereocenters. The van der Waals surface area contributed by atoms with Crippen molar-refractivity contribution in [1.82, 2.24) is 9.97 Å². The van der Waals surface area contributed by atoms with Crippen molar-refractivity contribution in [3.8, 4) is 0 Å². The maximum Gasteiger partial charge on any atom is 0.103 e. The van der Waals surface area contributed by atoms with Crippen molar-refractivity contribution in [3.05, 3.63) is 52.6 Å². The van der Waals surface area contributed by atoms with Crippen LogP contribution in [0.1, 0.15) is 41.1 Å². The minimum absolute atomic E-state index is 1.01. The van der Waals surface area contributed by atoms with Crippen molar-refractivity contribution in [3.63, 3.8) is 0 Å². The Morgan fingerprint density at radius 3 is 2.28 bits per heavy atom. The van der Waals surface area contributed by atoms with Gasteiger partial charge in [-0.05, 0) is 63.1 Å². The lowest BCUT2D eigenvalue weighted by atomic mass is 9.97. The second-order valence-corrected chi connectivity index (χ2v) is 5.05. The van der Waals surface area contributed by atoms with Gasteiger partial charge in [0.25, 0.3) is 0 Å². The van der Waals surface area contributed by atoms with Crippen LogP contribution in [0.15, 0.2) is 24.4 Å². The first-order valence-corrected chi connectivity index (χ1v) is 6.73. The predicted molar refractivity (Wildman–Crippen MR) is 75.9 cm³/mol. The van der Waals surface area contributed by atoms with Crippen LogP contribution >= 0.6 is 0 Å². The van der Waals surface area contributed by atoms with E-state index < -0.39 is 0 Å². The summed E-state index contributed by atoms with van der Waals surface area (Å²) in [5.74, 6) is 1.01. The Labute approximate surface area is 109 Å². The van der Waals surface area contributed by atoms with Crippen molar-refractivity contribution in [2.24, 2.45) is 0 Å². The van der Waals surface area contributed by atoms with Crippen LogP contribution in [0.3, 0.4) is 0 Å². The van der Waals surface area contributed by atoms with E-state index in [0.717, 1.165) is 12.2 Å². The first-order chi connectivity index (χ1) is 8.66. The van der Waals surface area contributed by atoms with Gasteiger partial charge in [0.15, 0.2) is 0 Å². The summed E-state index contributed by atoms with van der Waals surface area (Å²) in [7, 11) is 0. The fourth-order valence-corrected chi connectivity index (χ4v) is 2.45. The molecule has 0 bridgehead atoms. The second-order valence-electron chi connectivity index (χ2n) is 5.05. The first kappa shape index (κ1) is 12.9. The Morgan fingerprint density at radius 2 is 1.67 bits per heavy atom. The largest absolute Gasteiger partial charge is 0.349 e.